The zero-order valence-corrected chi connectivity index (χ0v) is 10.0. The van der Waals surface area contributed by atoms with Crippen molar-refractivity contribution in [3.63, 3.8) is 0 Å². The highest BCUT2D eigenvalue weighted by Gasteiger charge is 2.05. The molecule has 2 rings (SSSR count). The lowest BCUT2D eigenvalue weighted by Crippen LogP contribution is -2.06. The third kappa shape index (κ3) is 2.04. The van der Waals surface area contributed by atoms with E-state index in [4.69, 9.17) is 5.73 Å². The van der Waals surface area contributed by atoms with Gasteiger partial charge in [0.15, 0.2) is 0 Å². The molecule has 2 N–H and O–H groups in total. The average Bonchev–Trinajstić information content (AvgIpc) is 2.53. The Morgan fingerprint density at radius 3 is 2.73 bits per heavy atom. The second-order valence-corrected chi connectivity index (χ2v) is 4.29. The van der Waals surface area contributed by atoms with Crippen LogP contribution in [-0.2, 0) is 6.54 Å². The number of halogens is 1. The molecule has 1 aromatic heterocycles. The number of nitrogen functional groups attached to an aromatic ring is 1. The maximum absolute atomic E-state index is 5.78. The van der Waals surface area contributed by atoms with Gasteiger partial charge in [-0.15, -0.1) is 0 Å². The van der Waals surface area contributed by atoms with E-state index in [1.54, 1.807) is 6.20 Å². The first-order valence-corrected chi connectivity index (χ1v) is 5.49. The number of benzene rings is 1. The number of nitrogens with zero attached hydrogens (tertiary/aromatic N) is 2. The molecule has 0 aliphatic heterocycles. The molecule has 0 saturated carbocycles. The maximum Gasteiger partial charge on any atom is 0.200 e. The van der Waals surface area contributed by atoms with E-state index >= 15 is 0 Å². The molecule has 0 fully saturated rings. The molecule has 0 atom stereocenters. The van der Waals surface area contributed by atoms with E-state index in [0.29, 0.717) is 5.95 Å². The lowest BCUT2D eigenvalue weighted by Gasteiger charge is -2.08. The fourth-order valence-electron chi connectivity index (χ4n) is 1.48. The van der Waals surface area contributed by atoms with Crippen molar-refractivity contribution < 1.29 is 0 Å². The zero-order valence-electron chi connectivity index (χ0n) is 8.44. The fraction of sp³-hybridized carbons (Fsp3) is 0.182. The van der Waals surface area contributed by atoms with Gasteiger partial charge in [0.05, 0.1) is 12.7 Å². The maximum atomic E-state index is 5.78. The quantitative estimate of drug-likeness (QED) is 0.907. The van der Waals surface area contributed by atoms with Crippen molar-refractivity contribution in [2.24, 2.45) is 0 Å². The van der Waals surface area contributed by atoms with Gasteiger partial charge in [0, 0.05) is 10.2 Å². The Morgan fingerprint density at radius 2 is 2.13 bits per heavy atom. The number of rotatable bonds is 2. The van der Waals surface area contributed by atoms with Crippen LogP contribution in [0.5, 0.6) is 0 Å². The molecule has 2 aromatic rings. The molecule has 0 aliphatic rings. The third-order valence-electron chi connectivity index (χ3n) is 2.37. The molecule has 0 aliphatic carbocycles. The first-order valence-electron chi connectivity index (χ1n) is 4.69. The molecule has 0 radical (unpaired) electrons. The lowest BCUT2D eigenvalue weighted by molar-refractivity contribution is 0.780. The largest absolute Gasteiger partial charge is 0.369 e. The van der Waals surface area contributed by atoms with Gasteiger partial charge < -0.3 is 10.3 Å². The van der Waals surface area contributed by atoms with E-state index in [0.717, 1.165) is 16.7 Å². The molecule has 0 saturated heterocycles. The van der Waals surface area contributed by atoms with Crippen LogP contribution in [0.1, 0.15) is 11.3 Å². The lowest BCUT2D eigenvalue weighted by atomic mass is 10.2. The minimum atomic E-state index is 0.559. The van der Waals surface area contributed by atoms with Crippen LogP contribution in [-0.4, -0.2) is 9.55 Å². The summed E-state index contributed by atoms with van der Waals surface area (Å²) in [7, 11) is 0. The summed E-state index contributed by atoms with van der Waals surface area (Å²) in [4.78, 5) is 4.07. The molecule has 0 bridgehead atoms. The molecule has 0 spiro atoms. The summed E-state index contributed by atoms with van der Waals surface area (Å²) in [6.07, 6.45) is 1.78. The number of hydrogen-bond donors (Lipinski definition) is 1. The highest BCUT2D eigenvalue weighted by atomic mass is 79.9. The minimum absolute atomic E-state index is 0.559. The summed E-state index contributed by atoms with van der Waals surface area (Å²) in [5.74, 6) is 0.559. The summed E-state index contributed by atoms with van der Waals surface area (Å²) in [5.41, 5.74) is 8.05. The molecule has 1 aromatic carbocycles. The van der Waals surface area contributed by atoms with Crippen LogP contribution in [0, 0.1) is 6.92 Å². The first-order chi connectivity index (χ1) is 7.18. The number of hydrogen-bond acceptors (Lipinski definition) is 2. The SMILES string of the molecule is Cc1cnc(N)n1Cc1ccccc1Br. The molecular weight excluding hydrogens is 254 g/mol. The van der Waals surface area contributed by atoms with Crippen molar-refractivity contribution in [3.8, 4) is 0 Å². The molecule has 0 amide bonds. The van der Waals surface area contributed by atoms with Crippen molar-refractivity contribution in [1.29, 1.82) is 0 Å². The molecule has 3 nitrogen and oxygen atoms in total. The van der Waals surface area contributed by atoms with E-state index in [2.05, 4.69) is 27.0 Å². The minimum Gasteiger partial charge on any atom is -0.369 e. The van der Waals surface area contributed by atoms with Crippen LogP contribution in [0.15, 0.2) is 34.9 Å². The summed E-state index contributed by atoms with van der Waals surface area (Å²) < 4.78 is 3.08. The predicted octanol–water partition coefficient (Wildman–Crippen LogP) is 2.58. The zero-order chi connectivity index (χ0) is 10.8. The Kier molecular flexibility index (Phi) is 2.77. The second-order valence-electron chi connectivity index (χ2n) is 3.44. The van der Waals surface area contributed by atoms with Gasteiger partial charge in [0.2, 0.25) is 5.95 Å². The fourth-order valence-corrected chi connectivity index (χ4v) is 1.89. The molecule has 15 heavy (non-hydrogen) atoms. The summed E-state index contributed by atoms with van der Waals surface area (Å²) >= 11 is 3.52. The van der Waals surface area contributed by atoms with E-state index < -0.39 is 0 Å². The van der Waals surface area contributed by atoms with Crippen LogP contribution in [0.25, 0.3) is 0 Å². The van der Waals surface area contributed by atoms with Gasteiger partial charge in [-0.2, -0.15) is 0 Å². The normalized spacial score (nSPS) is 10.5. The molecule has 1 heterocycles. The van der Waals surface area contributed by atoms with E-state index in [-0.39, 0.29) is 0 Å². The number of anilines is 1. The van der Waals surface area contributed by atoms with Gasteiger partial charge in [-0.1, -0.05) is 34.1 Å². The summed E-state index contributed by atoms with van der Waals surface area (Å²) in [6, 6.07) is 8.11. The number of nitrogens with two attached hydrogens (primary N) is 1. The average molecular weight is 266 g/mol. The van der Waals surface area contributed by atoms with E-state index in [1.165, 1.54) is 5.56 Å². The van der Waals surface area contributed by atoms with Crippen molar-refractivity contribution in [2.45, 2.75) is 13.5 Å². The molecule has 78 valence electrons. The third-order valence-corrected chi connectivity index (χ3v) is 3.15. The van der Waals surface area contributed by atoms with Crippen molar-refractivity contribution in [3.05, 3.63) is 46.2 Å². The monoisotopic (exact) mass is 265 g/mol. The number of imidazole rings is 1. The van der Waals surface area contributed by atoms with Crippen LogP contribution < -0.4 is 5.73 Å². The highest BCUT2D eigenvalue weighted by molar-refractivity contribution is 9.10. The molecular formula is C11H12BrN3. The van der Waals surface area contributed by atoms with E-state index in [1.807, 2.05) is 29.7 Å². The smallest absolute Gasteiger partial charge is 0.200 e. The topological polar surface area (TPSA) is 43.8 Å². The van der Waals surface area contributed by atoms with Gasteiger partial charge in [-0.05, 0) is 18.6 Å². The van der Waals surface area contributed by atoms with Crippen LogP contribution >= 0.6 is 15.9 Å². The predicted molar refractivity (Wildman–Crippen MR) is 64.6 cm³/mol. The number of aryl methyl sites for hydroxylation is 1. The van der Waals surface area contributed by atoms with Crippen LogP contribution in [0.3, 0.4) is 0 Å². The van der Waals surface area contributed by atoms with Crippen molar-refractivity contribution in [1.82, 2.24) is 9.55 Å². The molecule has 4 heteroatoms. The van der Waals surface area contributed by atoms with E-state index in [9.17, 15) is 0 Å². The Balaban J connectivity index is 2.34. The Morgan fingerprint density at radius 1 is 1.40 bits per heavy atom. The highest BCUT2D eigenvalue weighted by Crippen LogP contribution is 2.19. The second kappa shape index (κ2) is 4.06. The Bertz CT molecular complexity index is 457. The number of aromatic nitrogens is 2. The van der Waals surface area contributed by atoms with Crippen molar-refractivity contribution in [2.75, 3.05) is 5.73 Å². The van der Waals surface area contributed by atoms with Crippen LogP contribution in [0.2, 0.25) is 0 Å². The molecule has 0 unspecified atom stereocenters. The first kappa shape index (κ1) is 10.2. The van der Waals surface area contributed by atoms with Gasteiger partial charge in [-0.25, -0.2) is 4.98 Å². The Hall–Kier alpha value is -1.29. The van der Waals surface area contributed by atoms with Gasteiger partial charge in [-0.3, -0.25) is 0 Å². The standard InChI is InChI=1S/C11H12BrN3/c1-8-6-14-11(13)15(8)7-9-4-2-3-5-10(9)12/h2-6H,7H2,1H3,(H2,13,14). The van der Waals surface area contributed by atoms with Gasteiger partial charge in [0.1, 0.15) is 0 Å². The Labute approximate surface area is 97.1 Å². The van der Waals surface area contributed by atoms with Crippen molar-refractivity contribution >= 4 is 21.9 Å². The van der Waals surface area contributed by atoms with Gasteiger partial charge in [0.25, 0.3) is 0 Å². The summed E-state index contributed by atoms with van der Waals surface area (Å²) in [5, 5.41) is 0. The summed E-state index contributed by atoms with van der Waals surface area (Å²) in [6.45, 7) is 2.75. The van der Waals surface area contributed by atoms with Crippen LogP contribution in [0.4, 0.5) is 5.95 Å². The van der Waals surface area contributed by atoms with Gasteiger partial charge >= 0.3 is 0 Å².